The van der Waals surface area contributed by atoms with E-state index in [0.29, 0.717) is 19.8 Å². The number of benzene rings is 2. The molecule has 2 unspecified atom stereocenters. The summed E-state index contributed by atoms with van der Waals surface area (Å²) in [6.07, 6.45) is 0.800. The number of nitrogens with zero attached hydrogens (tertiary/aromatic N) is 1. The minimum atomic E-state index is -0.115. The van der Waals surface area contributed by atoms with Crippen LogP contribution in [0.25, 0.3) is 0 Å². The van der Waals surface area contributed by atoms with Crippen LogP contribution in [-0.2, 0) is 19.8 Å². The maximum absolute atomic E-state index is 12.7. The molecule has 0 N–H and O–H groups in total. The summed E-state index contributed by atoms with van der Waals surface area (Å²) in [7, 11) is 0. The van der Waals surface area contributed by atoms with Crippen molar-refractivity contribution in [2.24, 2.45) is 5.92 Å². The van der Waals surface area contributed by atoms with E-state index >= 15 is 0 Å². The van der Waals surface area contributed by atoms with Gasteiger partial charge in [0.05, 0.1) is 31.3 Å². The predicted octanol–water partition coefficient (Wildman–Crippen LogP) is 4.34. The second-order valence-corrected chi connectivity index (χ2v) is 8.56. The lowest BCUT2D eigenvalue weighted by Gasteiger charge is -2.53. The van der Waals surface area contributed by atoms with Crippen LogP contribution in [0.5, 0.6) is 0 Å². The van der Waals surface area contributed by atoms with Crippen LogP contribution in [0.3, 0.4) is 0 Å². The van der Waals surface area contributed by atoms with Crippen LogP contribution >= 0.6 is 15.9 Å². The Hall–Kier alpha value is -1.69. The van der Waals surface area contributed by atoms with Crippen molar-refractivity contribution in [3.8, 4) is 0 Å². The molecule has 2 atom stereocenters. The first-order valence-electron chi connectivity index (χ1n) is 9.94. The molecule has 2 fully saturated rings. The van der Waals surface area contributed by atoms with Crippen LogP contribution < -0.4 is 0 Å². The first kappa shape index (κ1) is 19.6. The third-order valence-corrected chi connectivity index (χ3v) is 6.57. The van der Waals surface area contributed by atoms with E-state index in [4.69, 9.17) is 9.47 Å². The molecule has 5 heteroatoms. The number of carbonyl (C=O) groups excluding carboxylic acids is 1. The number of ether oxygens (including phenoxy) is 2. The molecule has 2 aliphatic rings. The Morgan fingerprint density at radius 1 is 1.21 bits per heavy atom. The number of esters is 1. The Kier molecular flexibility index (Phi) is 5.85. The van der Waals surface area contributed by atoms with E-state index in [0.717, 1.165) is 24.0 Å². The number of carbonyl (C=O) groups is 1. The van der Waals surface area contributed by atoms with Gasteiger partial charge in [-0.1, -0.05) is 58.4 Å². The van der Waals surface area contributed by atoms with Crippen LogP contribution in [0.15, 0.2) is 59.1 Å². The quantitative estimate of drug-likeness (QED) is 0.644. The fourth-order valence-electron chi connectivity index (χ4n) is 4.52. The van der Waals surface area contributed by atoms with Crippen molar-refractivity contribution in [2.45, 2.75) is 24.8 Å². The summed E-state index contributed by atoms with van der Waals surface area (Å²) < 4.78 is 12.2. The molecular formula is C23H26BrNO3. The molecule has 0 aliphatic carbocycles. The number of halogens is 1. The van der Waals surface area contributed by atoms with Crippen molar-refractivity contribution < 1.29 is 14.3 Å². The zero-order valence-electron chi connectivity index (χ0n) is 16.1. The van der Waals surface area contributed by atoms with E-state index in [1.807, 2.05) is 25.1 Å². The van der Waals surface area contributed by atoms with Gasteiger partial charge in [0, 0.05) is 23.5 Å². The third kappa shape index (κ3) is 3.63. The highest BCUT2D eigenvalue weighted by Gasteiger charge is 2.49. The minimum Gasteiger partial charge on any atom is -0.466 e. The van der Waals surface area contributed by atoms with Gasteiger partial charge in [-0.15, -0.1) is 0 Å². The lowest BCUT2D eigenvalue weighted by Crippen LogP contribution is -2.62. The molecule has 0 spiro atoms. The molecular weight excluding hydrogens is 418 g/mol. The van der Waals surface area contributed by atoms with E-state index < -0.39 is 0 Å². The fourth-order valence-corrected chi connectivity index (χ4v) is 4.91. The molecule has 148 valence electrons. The smallest absolute Gasteiger partial charge is 0.309 e. The number of piperidine rings is 1. The average molecular weight is 444 g/mol. The van der Waals surface area contributed by atoms with Gasteiger partial charge >= 0.3 is 5.97 Å². The summed E-state index contributed by atoms with van der Waals surface area (Å²) in [6.45, 7) is 5.37. The highest BCUT2D eigenvalue weighted by atomic mass is 79.9. The van der Waals surface area contributed by atoms with Crippen molar-refractivity contribution in [3.63, 3.8) is 0 Å². The monoisotopic (exact) mass is 443 g/mol. The maximum Gasteiger partial charge on any atom is 0.309 e. The van der Waals surface area contributed by atoms with Crippen molar-refractivity contribution in [1.29, 1.82) is 0 Å². The largest absolute Gasteiger partial charge is 0.466 e. The fraction of sp³-hybridized carbons (Fsp3) is 0.435. The van der Waals surface area contributed by atoms with Gasteiger partial charge in [-0.05, 0) is 36.6 Å². The Balaban J connectivity index is 1.64. The van der Waals surface area contributed by atoms with Crippen molar-refractivity contribution >= 4 is 21.9 Å². The van der Waals surface area contributed by atoms with Gasteiger partial charge in [-0.25, -0.2) is 0 Å². The van der Waals surface area contributed by atoms with Crippen LogP contribution in [0.4, 0.5) is 0 Å². The SMILES string of the molecule is CCOC(=O)C1CCN(C2(c3cccc(Br)c3)COC2)CC1c1ccccc1. The van der Waals surface area contributed by atoms with Gasteiger partial charge in [-0.3, -0.25) is 9.69 Å². The molecule has 4 rings (SSSR count). The minimum absolute atomic E-state index is 0.0719. The molecule has 2 aromatic carbocycles. The highest BCUT2D eigenvalue weighted by molar-refractivity contribution is 9.10. The van der Waals surface area contributed by atoms with E-state index in [9.17, 15) is 4.79 Å². The molecule has 0 aromatic heterocycles. The van der Waals surface area contributed by atoms with E-state index in [-0.39, 0.29) is 23.3 Å². The van der Waals surface area contributed by atoms with Crippen LogP contribution in [0, 0.1) is 5.92 Å². The topological polar surface area (TPSA) is 38.8 Å². The van der Waals surface area contributed by atoms with Crippen molar-refractivity contribution in [2.75, 3.05) is 32.9 Å². The van der Waals surface area contributed by atoms with Gasteiger partial charge in [0.15, 0.2) is 0 Å². The van der Waals surface area contributed by atoms with Gasteiger partial charge in [-0.2, -0.15) is 0 Å². The van der Waals surface area contributed by atoms with E-state index in [2.05, 4.69) is 57.2 Å². The molecule has 2 aromatic rings. The number of hydrogen-bond donors (Lipinski definition) is 0. The van der Waals surface area contributed by atoms with Crippen LogP contribution in [0.2, 0.25) is 0 Å². The predicted molar refractivity (Wildman–Crippen MR) is 112 cm³/mol. The van der Waals surface area contributed by atoms with Gasteiger partial charge in [0.1, 0.15) is 0 Å². The molecule has 0 radical (unpaired) electrons. The van der Waals surface area contributed by atoms with Crippen molar-refractivity contribution in [3.05, 3.63) is 70.2 Å². The van der Waals surface area contributed by atoms with E-state index in [1.165, 1.54) is 11.1 Å². The first-order valence-corrected chi connectivity index (χ1v) is 10.7. The summed E-state index contributed by atoms with van der Waals surface area (Å²) in [5, 5.41) is 0. The lowest BCUT2D eigenvalue weighted by molar-refractivity contribution is -0.166. The normalized spacial score (nSPS) is 24.4. The summed E-state index contributed by atoms with van der Waals surface area (Å²) in [6, 6.07) is 18.9. The van der Waals surface area contributed by atoms with Crippen LogP contribution in [-0.4, -0.2) is 43.8 Å². The number of rotatable bonds is 5. The van der Waals surface area contributed by atoms with Crippen molar-refractivity contribution in [1.82, 2.24) is 4.90 Å². The molecule has 2 heterocycles. The molecule has 4 nitrogen and oxygen atoms in total. The molecule has 2 saturated heterocycles. The van der Waals surface area contributed by atoms with Gasteiger partial charge in [0.2, 0.25) is 0 Å². The lowest BCUT2D eigenvalue weighted by atomic mass is 9.76. The second kappa shape index (κ2) is 8.36. The zero-order valence-corrected chi connectivity index (χ0v) is 17.7. The molecule has 0 saturated carbocycles. The Morgan fingerprint density at radius 2 is 2.00 bits per heavy atom. The Labute approximate surface area is 175 Å². The standard InChI is InChI=1S/C23H26BrNO3/c1-2-28-22(26)20-11-12-25(14-21(20)17-7-4-3-5-8-17)23(15-27-16-23)18-9-6-10-19(24)13-18/h3-10,13,20-21H,2,11-12,14-16H2,1H3. The van der Waals surface area contributed by atoms with Gasteiger partial charge < -0.3 is 9.47 Å². The third-order valence-electron chi connectivity index (χ3n) is 6.08. The molecule has 0 amide bonds. The first-order chi connectivity index (χ1) is 13.6. The Morgan fingerprint density at radius 3 is 2.64 bits per heavy atom. The number of hydrogen-bond acceptors (Lipinski definition) is 4. The average Bonchev–Trinajstić information content (AvgIpc) is 2.68. The summed E-state index contributed by atoms with van der Waals surface area (Å²) in [5.41, 5.74) is 2.36. The number of likely N-dealkylation sites (tertiary alicyclic amines) is 1. The van der Waals surface area contributed by atoms with E-state index in [1.54, 1.807) is 0 Å². The summed E-state index contributed by atoms with van der Waals surface area (Å²) in [4.78, 5) is 15.2. The molecule has 28 heavy (non-hydrogen) atoms. The second-order valence-electron chi connectivity index (χ2n) is 7.65. The van der Waals surface area contributed by atoms with Crippen LogP contribution in [0.1, 0.15) is 30.4 Å². The highest BCUT2D eigenvalue weighted by Crippen LogP contribution is 2.43. The summed E-state index contributed by atoms with van der Waals surface area (Å²) >= 11 is 3.61. The molecule has 0 bridgehead atoms. The zero-order chi connectivity index (χ0) is 19.6. The Bertz CT molecular complexity index is 822. The van der Waals surface area contributed by atoms with Gasteiger partial charge in [0.25, 0.3) is 0 Å². The molecule has 2 aliphatic heterocycles. The summed E-state index contributed by atoms with van der Waals surface area (Å²) in [5.74, 6) is -0.0462. The maximum atomic E-state index is 12.7.